The molecule has 3 rings (SSSR count). The standard InChI is InChI=1S/C23H35N3O3/c1-3-29-21(27)16-18(2)17-25-22(28)19-4-8-23(9-5-19)10-14-26(15-11-23)20-6-12-24-13-7-20/h6-7,12-13,18-19H,3-5,8-11,14-17H2,1-2H3,(H,25,28). The largest absolute Gasteiger partial charge is 0.466 e. The zero-order chi connectivity index (χ0) is 20.7. The van der Waals surface area contributed by atoms with E-state index in [0.29, 0.717) is 25.0 Å². The molecular weight excluding hydrogens is 366 g/mol. The van der Waals surface area contributed by atoms with Gasteiger partial charge in [0.1, 0.15) is 0 Å². The van der Waals surface area contributed by atoms with Crippen LogP contribution in [-0.4, -0.2) is 43.1 Å². The molecule has 6 heteroatoms. The summed E-state index contributed by atoms with van der Waals surface area (Å²) in [7, 11) is 0. The molecular formula is C23H35N3O3. The Labute approximate surface area is 174 Å². The molecule has 6 nitrogen and oxygen atoms in total. The maximum atomic E-state index is 12.6. The van der Waals surface area contributed by atoms with Crippen molar-refractivity contribution in [2.45, 2.75) is 58.8 Å². The van der Waals surface area contributed by atoms with Crippen molar-refractivity contribution in [1.29, 1.82) is 0 Å². The second-order valence-electron chi connectivity index (χ2n) is 8.83. The van der Waals surface area contributed by atoms with Crippen LogP contribution in [-0.2, 0) is 14.3 Å². The second-order valence-corrected chi connectivity index (χ2v) is 8.83. The van der Waals surface area contributed by atoms with Gasteiger partial charge in [-0.2, -0.15) is 0 Å². The van der Waals surface area contributed by atoms with E-state index >= 15 is 0 Å². The Hall–Kier alpha value is -2.11. The van der Waals surface area contributed by atoms with Gasteiger partial charge in [-0.1, -0.05) is 6.92 Å². The van der Waals surface area contributed by atoms with E-state index < -0.39 is 0 Å². The lowest BCUT2D eigenvalue weighted by atomic mass is 9.65. The molecule has 29 heavy (non-hydrogen) atoms. The van der Waals surface area contributed by atoms with Crippen molar-refractivity contribution in [3.8, 4) is 0 Å². The maximum Gasteiger partial charge on any atom is 0.306 e. The van der Waals surface area contributed by atoms with E-state index in [9.17, 15) is 9.59 Å². The summed E-state index contributed by atoms with van der Waals surface area (Å²) in [5.74, 6) is 0.191. The van der Waals surface area contributed by atoms with Gasteiger partial charge in [-0.05, 0) is 68.9 Å². The van der Waals surface area contributed by atoms with Crippen LogP contribution in [0.1, 0.15) is 58.8 Å². The lowest BCUT2D eigenvalue weighted by Gasteiger charge is -2.46. The molecule has 0 radical (unpaired) electrons. The van der Waals surface area contributed by atoms with Crippen LogP contribution in [0.2, 0.25) is 0 Å². The zero-order valence-electron chi connectivity index (χ0n) is 17.9. The van der Waals surface area contributed by atoms with Gasteiger partial charge in [-0.25, -0.2) is 0 Å². The first kappa shape index (κ1) is 21.6. The van der Waals surface area contributed by atoms with E-state index in [1.165, 1.54) is 18.5 Å². The maximum absolute atomic E-state index is 12.6. The third-order valence-corrected chi connectivity index (χ3v) is 6.71. The fourth-order valence-electron chi connectivity index (χ4n) is 4.78. The first-order chi connectivity index (χ1) is 14.0. The summed E-state index contributed by atoms with van der Waals surface area (Å²) in [4.78, 5) is 30.7. The van der Waals surface area contributed by atoms with Gasteiger partial charge in [-0.3, -0.25) is 14.6 Å². The first-order valence-electron chi connectivity index (χ1n) is 11.1. The molecule has 1 N–H and O–H groups in total. The van der Waals surface area contributed by atoms with E-state index in [2.05, 4.69) is 27.3 Å². The highest BCUT2D eigenvalue weighted by Crippen LogP contribution is 2.46. The average molecular weight is 402 g/mol. The van der Waals surface area contributed by atoms with Crippen molar-refractivity contribution in [1.82, 2.24) is 10.3 Å². The summed E-state index contributed by atoms with van der Waals surface area (Å²) in [6.07, 6.45) is 10.7. The van der Waals surface area contributed by atoms with Crippen molar-refractivity contribution < 1.29 is 14.3 Å². The van der Waals surface area contributed by atoms with Gasteiger partial charge in [-0.15, -0.1) is 0 Å². The van der Waals surface area contributed by atoms with Crippen molar-refractivity contribution >= 4 is 17.6 Å². The normalized spacial score (nSPS) is 20.3. The minimum Gasteiger partial charge on any atom is -0.466 e. The molecule has 1 saturated carbocycles. The van der Waals surface area contributed by atoms with Crippen molar-refractivity contribution in [2.75, 3.05) is 31.1 Å². The van der Waals surface area contributed by atoms with Gasteiger partial charge < -0.3 is 15.0 Å². The number of nitrogens with one attached hydrogen (secondary N) is 1. The third kappa shape index (κ3) is 5.94. The van der Waals surface area contributed by atoms with Crippen LogP contribution in [0.3, 0.4) is 0 Å². The molecule has 1 aromatic heterocycles. The van der Waals surface area contributed by atoms with Crippen LogP contribution >= 0.6 is 0 Å². The Balaban J connectivity index is 1.39. The van der Waals surface area contributed by atoms with Crippen molar-refractivity contribution in [3.05, 3.63) is 24.5 Å². The number of amides is 1. The van der Waals surface area contributed by atoms with Crippen LogP contribution in [0, 0.1) is 17.3 Å². The highest BCUT2D eigenvalue weighted by Gasteiger charge is 2.39. The van der Waals surface area contributed by atoms with E-state index in [1.807, 2.05) is 26.2 Å². The number of carbonyl (C=O) groups is 2. The fraction of sp³-hybridized carbons (Fsp3) is 0.696. The number of hydrogen-bond donors (Lipinski definition) is 1. The minimum atomic E-state index is -0.188. The lowest BCUT2D eigenvalue weighted by Crippen LogP contribution is -2.44. The number of hydrogen-bond acceptors (Lipinski definition) is 5. The number of aromatic nitrogens is 1. The summed E-state index contributed by atoms with van der Waals surface area (Å²) < 4.78 is 4.98. The third-order valence-electron chi connectivity index (χ3n) is 6.71. The quantitative estimate of drug-likeness (QED) is 0.707. The molecule has 1 spiro atoms. The molecule has 1 aliphatic heterocycles. The number of esters is 1. The number of pyridine rings is 1. The lowest BCUT2D eigenvalue weighted by molar-refractivity contribution is -0.144. The molecule has 1 atom stereocenters. The topological polar surface area (TPSA) is 71.5 Å². The van der Waals surface area contributed by atoms with E-state index in [0.717, 1.165) is 38.8 Å². The van der Waals surface area contributed by atoms with E-state index in [1.54, 1.807) is 0 Å². The van der Waals surface area contributed by atoms with Gasteiger partial charge in [0.15, 0.2) is 0 Å². The molecule has 2 fully saturated rings. The molecule has 2 aliphatic rings. The molecule has 0 aromatic carbocycles. The van der Waals surface area contributed by atoms with Crippen LogP contribution in [0.25, 0.3) is 0 Å². The van der Waals surface area contributed by atoms with Crippen LogP contribution in [0.4, 0.5) is 5.69 Å². The first-order valence-corrected chi connectivity index (χ1v) is 11.1. The fourth-order valence-corrected chi connectivity index (χ4v) is 4.78. The number of nitrogens with zero attached hydrogens (tertiary/aromatic N) is 2. The molecule has 1 aromatic rings. The van der Waals surface area contributed by atoms with Crippen molar-refractivity contribution in [3.63, 3.8) is 0 Å². The van der Waals surface area contributed by atoms with Crippen molar-refractivity contribution in [2.24, 2.45) is 17.3 Å². The van der Waals surface area contributed by atoms with E-state index in [4.69, 9.17) is 4.74 Å². The van der Waals surface area contributed by atoms with Gasteiger partial charge in [0.05, 0.1) is 6.61 Å². The molecule has 1 unspecified atom stereocenters. The van der Waals surface area contributed by atoms with Crippen LogP contribution in [0.15, 0.2) is 24.5 Å². The Morgan fingerprint density at radius 1 is 1.21 bits per heavy atom. The predicted octanol–water partition coefficient (Wildman–Crippen LogP) is 3.56. The second kappa shape index (κ2) is 10.1. The molecule has 1 amide bonds. The molecule has 0 bridgehead atoms. The summed E-state index contributed by atoms with van der Waals surface area (Å²) in [5, 5.41) is 3.06. The minimum absolute atomic E-state index is 0.102. The number of piperidine rings is 1. The predicted molar refractivity (Wildman–Crippen MR) is 113 cm³/mol. The molecule has 2 heterocycles. The van der Waals surface area contributed by atoms with Crippen LogP contribution in [0.5, 0.6) is 0 Å². The highest BCUT2D eigenvalue weighted by atomic mass is 16.5. The Morgan fingerprint density at radius 3 is 2.48 bits per heavy atom. The monoisotopic (exact) mass is 401 g/mol. The molecule has 1 aliphatic carbocycles. The molecule has 160 valence electrons. The Bertz CT molecular complexity index is 661. The summed E-state index contributed by atoms with van der Waals surface area (Å²) in [6.45, 7) is 6.91. The average Bonchev–Trinajstić information content (AvgIpc) is 2.74. The number of carbonyl (C=O) groups excluding carboxylic acids is 2. The van der Waals surface area contributed by atoms with Gasteiger partial charge >= 0.3 is 5.97 Å². The summed E-state index contributed by atoms with van der Waals surface area (Å²) >= 11 is 0. The van der Waals surface area contributed by atoms with Gasteiger partial charge in [0.2, 0.25) is 5.91 Å². The summed E-state index contributed by atoms with van der Waals surface area (Å²) in [5.41, 5.74) is 1.68. The SMILES string of the molecule is CCOC(=O)CC(C)CNC(=O)C1CCC2(CC1)CCN(c1ccncc1)CC2. The smallest absolute Gasteiger partial charge is 0.306 e. The Kier molecular flexibility index (Phi) is 7.51. The van der Waals surface area contributed by atoms with Crippen LogP contribution < -0.4 is 10.2 Å². The summed E-state index contributed by atoms with van der Waals surface area (Å²) in [6, 6.07) is 4.17. The highest BCUT2D eigenvalue weighted by molar-refractivity contribution is 5.78. The van der Waals surface area contributed by atoms with E-state index in [-0.39, 0.29) is 23.7 Å². The zero-order valence-corrected chi connectivity index (χ0v) is 17.9. The number of ether oxygens (including phenoxy) is 1. The number of rotatable bonds is 7. The molecule has 1 saturated heterocycles. The van der Waals surface area contributed by atoms with Gasteiger partial charge in [0.25, 0.3) is 0 Å². The number of anilines is 1. The Morgan fingerprint density at radius 2 is 1.86 bits per heavy atom. The van der Waals surface area contributed by atoms with Gasteiger partial charge in [0, 0.05) is 50.1 Å².